The van der Waals surface area contributed by atoms with E-state index >= 15 is 0 Å². The Hall–Kier alpha value is -1.13. The number of nitrogens with one attached hydrogen (secondary N) is 1. The van der Waals surface area contributed by atoms with Gasteiger partial charge in [-0.15, -0.1) is 0 Å². The van der Waals surface area contributed by atoms with Gasteiger partial charge in [-0.1, -0.05) is 11.6 Å². The minimum Gasteiger partial charge on any atom is -0.495 e. The van der Waals surface area contributed by atoms with E-state index in [1.807, 2.05) is 6.07 Å². The summed E-state index contributed by atoms with van der Waals surface area (Å²) in [6.45, 7) is 1.56. The van der Waals surface area contributed by atoms with Crippen LogP contribution in [0.1, 0.15) is 12.8 Å². The third-order valence-electron chi connectivity index (χ3n) is 2.42. The maximum absolute atomic E-state index is 6.01. The number of hydrogen-bond acceptors (Lipinski definition) is 4. The molecule has 4 nitrogen and oxygen atoms in total. The molecule has 0 atom stereocenters. The summed E-state index contributed by atoms with van der Waals surface area (Å²) >= 11 is 6.01. The highest BCUT2D eigenvalue weighted by atomic mass is 35.5. The normalized spacial score (nSPS) is 10.1. The van der Waals surface area contributed by atoms with Gasteiger partial charge in [0.15, 0.2) is 0 Å². The van der Waals surface area contributed by atoms with Crippen LogP contribution in [0.5, 0.6) is 11.5 Å². The lowest BCUT2D eigenvalue weighted by molar-refractivity contribution is 0.404. The first-order valence-electron chi connectivity index (χ1n) is 5.58. The molecule has 0 aromatic heterocycles. The van der Waals surface area contributed by atoms with Crippen molar-refractivity contribution in [3.63, 3.8) is 0 Å². The van der Waals surface area contributed by atoms with Gasteiger partial charge in [-0.25, -0.2) is 0 Å². The van der Waals surface area contributed by atoms with E-state index in [2.05, 4.69) is 5.32 Å². The molecule has 0 unspecified atom stereocenters. The van der Waals surface area contributed by atoms with Crippen LogP contribution in [0.15, 0.2) is 12.1 Å². The maximum atomic E-state index is 6.01. The Kier molecular flexibility index (Phi) is 5.94. The van der Waals surface area contributed by atoms with E-state index in [4.69, 9.17) is 26.8 Å². The van der Waals surface area contributed by atoms with Gasteiger partial charge in [-0.05, 0) is 19.4 Å². The first-order valence-corrected chi connectivity index (χ1v) is 5.96. The van der Waals surface area contributed by atoms with E-state index in [1.54, 1.807) is 20.3 Å². The molecule has 5 heteroatoms. The fraction of sp³-hybridized carbons (Fsp3) is 0.500. The van der Waals surface area contributed by atoms with Crippen LogP contribution in [0, 0.1) is 0 Å². The number of nitrogens with two attached hydrogens (primary N) is 1. The van der Waals surface area contributed by atoms with Crippen LogP contribution >= 0.6 is 11.6 Å². The Bertz CT molecular complexity index is 359. The van der Waals surface area contributed by atoms with Gasteiger partial charge in [-0.3, -0.25) is 0 Å². The zero-order chi connectivity index (χ0) is 12.7. The van der Waals surface area contributed by atoms with Crippen molar-refractivity contribution in [3.05, 3.63) is 17.2 Å². The number of hydrogen-bond donors (Lipinski definition) is 2. The number of unbranched alkanes of at least 4 members (excludes halogenated alkanes) is 1. The number of anilines is 1. The molecule has 0 saturated heterocycles. The zero-order valence-electron chi connectivity index (χ0n) is 10.3. The lowest BCUT2D eigenvalue weighted by atomic mass is 10.2. The molecule has 96 valence electrons. The van der Waals surface area contributed by atoms with E-state index in [0.29, 0.717) is 23.1 Å². The Labute approximate surface area is 107 Å². The molecule has 17 heavy (non-hydrogen) atoms. The molecule has 1 rings (SSSR count). The summed E-state index contributed by atoms with van der Waals surface area (Å²) in [4.78, 5) is 0. The van der Waals surface area contributed by atoms with Crippen molar-refractivity contribution in [1.82, 2.24) is 0 Å². The fourth-order valence-corrected chi connectivity index (χ4v) is 1.72. The molecular weight excluding hydrogens is 240 g/mol. The summed E-state index contributed by atoms with van der Waals surface area (Å²) in [5.41, 5.74) is 6.32. The van der Waals surface area contributed by atoms with E-state index in [1.165, 1.54) is 0 Å². The van der Waals surface area contributed by atoms with Crippen LogP contribution in [-0.2, 0) is 0 Å². The lowest BCUT2D eigenvalue weighted by Gasteiger charge is -2.13. The van der Waals surface area contributed by atoms with Crippen LogP contribution in [0.3, 0.4) is 0 Å². The largest absolute Gasteiger partial charge is 0.495 e. The molecule has 0 spiro atoms. The molecule has 0 fully saturated rings. The maximum Gasteiger partial charge on any atom is 0.143 e. The molecule has 0 radical (unpaired) electrons. The molecule has 1 aromatic carbocycles. The topological polar surface area (TPSA) is 56.5 Å². The summed E-state index contributed by atoms with van der Waals surface area (Å²) in [5.74, 6) is 1.34. The minimum atomic E-state index is 0.539. The van der Waals surface area contributed by atoms with Crippen LogP contribution in [0.2, 0.25) is 5.02 Å². The average Bonchev–Trinajstić information content (AvgIpc) is 2.35. The van der Waals surface area contributed by atoms with Crippen LogP contribution in [0.4, 0.5) is 5.69 Å². The van der Waals surface area contributed by atoms with Crippen LogP contribution in [-0.4, -0.2) is 27.3 Å². The van der Waals surface area contributed by atoms with Crippen molar-refractivity contribution in [3.8, 4) is 11.5 Å². The summed E-state index contributed by atoms with van der Waals surface area (Å²) < 4.78 is 10.4. The average molecular weight is 259 g/mol. The molecule has 0 aliphatic rings. The van der Waals surface area contributed by atoms with Gasteiger partial charge < -0.3 is 20.5 Å². The molecule has 3 N–H and O–H groups in total. The van der Waals surface area contributed by atoms with Gasteiger partial charge >= 0.3 is 0 Å². The van der Waals surface area contributed by atoms with Gasteiger partial charge in [-0.2, -0.15) is 0 Å². The number of halogens is 1. The third kappa shape index (κ3) is 3.98. The third-order valence-corrected chi connectivity index (χ3v) is 2.72. The summed E-state index contributed by atoms with van der Waals surface area (Å²) in [6.07, 6.45) is 2.02. The van der Waals surface area contributed by atoms with Crippen molar-refractivity contribution in [2.24, 2.45) is 5.73 Å². The van der Waals surface area contributed by atoms with Crippen molar-refractivity contribution in [1.29, 1.82) is 0 Å². The van der Waals surface area contributed by atoms with E-state index < -0.39 is 0 Å². The smallest absolute Gasteiger partial charge is 0.143 e. The standard InChI is InChI=1S/C12H19ClN2O2/c1-16-11-8-10(15-6-4-3-5-14)12(17-2)7-9(11)13/h7-8,15H,3-6,14H2,1-2H3. The highest BCUT2D eigenvalue weighted by Crippen LogP contribution is 2.35. The molecule has 0 heterocycles. The van der Waals surface area contributed by atoms with Crippen LogP contribution < -0.4 is 20.5 Å². The van der Waals surface area contributed by atoms with Gasteiger partial charge in [0.05, 0.1) is 24.9 Å². The second-order valence-corrected chi connectivity index (χ2v) is 4.02. The van der Waals surface area contributed by atoms with Gasteiger partial charge in [0.2, 0.25) is 0 Å². The number of ether oxygens (including phenoxy) is 2. The summed E-state index contributed by atoms with van der Waals surface area (Å²) in [5, 5.41) is 3.82. The Balaban J connectivity index is 2.74. The summed E-state index contributed by atoms with van der Waals surface area (Å²) in [7, 11) is 3.20. The Morgan fingerprint density at radius 1 is 1.18 bits per heavy atom. The fourth-order valence-electron chi connectivity index (χ4n) is 1.49. The van der Waals surface area contributed by atoms with Crippen LogP contribution in [0.25, 0.3) is 0 Å². The molecule has 0 aliphatic carbocycles. The van der Waals surface area contributed by atoms with E-state index in [-0.39, 0.29) is 0 Å². The first-order chi connectivity index (χ1) is 8.22. The SMILES string of the molecule is COc1cc(NCCCCN)c(OC)cc1Cl. The van der Waals surface area contributed by atoms with Crippen molar-refractivity contribution < 1.29 is 9.47 Å². The molecule has 0 amide bonds. The van der Waals surface area contributed by atoms with E-state index in [9.17, 15) is 0 Å². The molecule has 0 saturated carbocycles. The molecule has 1 aromatic rings. The number of methoxy groups -OCH3 is 2. The molecule has 0 bridgehead atoms. The van der Waals surface area contributed by atoms with Crippen molar-refractivity contribution in [2.45, 2.75) is 12.8 Å². The number of benzene rings is 1. The Morgan fingerprint density at radius 3 is 2.47 bits per heavy atom. The van der Waals surface area contributed by atoms with Crippen molar-refractivity contribution >= 4 is 17.3 Å². The zero-order valence-corrected chi connectivity index (χ0v) is 11.0. The van der Waals surface area contributed by atoms with Crippen molar-refractivity contribution in [2.75, 3.05) is 32.6 Å². The molecule has 0 aliphatic heterocycles. The highest BCUT2D eigenvalue weighted by molar-refractivity contribution is 6.32. The first kappa shape index (κ1) is 13.9. The van der Waals surface area contributed by atoms with Gasteiger partial charge in [0.25, 0.3) is 0 Å². The predicted molar refractivity (Wildman–Crippen MR) is 71.3 cm³/mol. The van der Waals surface area contributed by atoms with Gasteiger partial charge in [0, 0.05) is 18.7 Å². The minimum absolute atomic E-state index is 0.539. The predicted octanol–water partition coefficient (Wildman–Crippen LogP) is 2.51. The highest BCUT2D eigenvalue weighted by Gasteiger charge is 2.09. The van der Waals surface area contributed by atoms with E-state index in [0.717, 1.165) is 25.1 Å². The monoisotopic (exact) mass is 258 g/mol. The molecular formula is C12H19ClN2O2. The second-order valence-electron chi connectivity index (χ2n) is 3.61. The van der Waals surface area contributed by atoms with Gasteiger partial charge in [0.1, 0.15) is 11.5 Å². The number of rotatable bonds is 7. The lowest BCUT2D eigenvalue weighted by Crippen LogP contribution is -2.06. The quantitative estimate of drug-likeness (QED) is 0.738. The second kappa shape index (κ2) is 7.25. The Morgan fingerprint density at radius 2 is 1.88 bits per heavy atom. The summed E-state index contributed by atoms with van der Waals surface area (Å²) in [6, 6.07) is 3.58.